The predicted octanol–water partition coefficient (Wildman–Crippen LogP) is 2.64. The number of nitrogens with zero attached hydrogens (tertiary/aromatic N) is 1. The standard InChI is InChI=1S/C15H15NO3/c1-2-10-3-6-13(16-9-10)7-11-4-5-12(15(18)19)8-14(11)17/h3-6,8-9,17H,2,7H2,1H3,(H,18,19). The lowest BCUT2D eigenvalue weighted by atomic mass is 10.0. The molecule has 2 rings (SSSR count). The lowest BCUT2D eigenvalue weighted by molar-refractivity contribution is 0.0696. The van der Waals surface area contributed by atoms with Crippen LogP contribution in [0.15, 0.2) is 36.5 Å². The van der Waals surface area contributed by atoms with E-state index in [1.54, 1.807) is 6.07 Å². The Kier molecular flexibility index (Phi) is 3.80. The molecular weight excluding hydrogens is 242 g/mol. The van der Waals surface area contributed by atoms with E-state index in [9.17, 15) is 9.90 Å². The number of hydrogen-bond acceptors (Lipinski definition) is 3. The minimum atomic E-state index is -1.05. The Morgan fingerprint density at radius 3 is 2.58 bits per heavy atom. The van der Waals surface area contributed by atoms with Crippen molar-refractivity contribution in [2.45, 2.75) is 19.8 Å². The fourth-order valence-electron chi connectivity index (χ4n) is 1.81. The Balaban J connectivity index is 2.20. The first kappa shape index (κ1) is 13.1. The van der Waals surface area contributed by atoms with Crippen LogP contribution in [-0.4, -0.2) is 21.2 Å². The molecule has 0 spiro atoms. The first-order chi connectivity index (χ1) is 9.10. The molecular formula is C15H15NO3. The normalized spacial score (nSPS) is 10.4. The molecule has 0 amide bonds. The molecule has 1 heterocycles. The van der Waals surface area contributed by atoms with Gasteiger partial charge in [0.25, 0.3) is 0 Å². The van der Waals surface area contributed by atoms with Gasteiger partial charge in [0.1, 0.15) is 5.75 Å². The molecule has 0 aliphatic rings. The first-order valence-corrected chi connectivity index (χ1v) is 6.09. The van der Waals surface area contributed by atoms with Gasteiger partial charge in [0.2, 0.25) is 0 Å². The number of pyridine rings is 1. The van der Waals surface area contributed by atoms with Crippen LogP contribution < -0.4 is 0 Å². The van der Waals surface area contributed by atoms with E-state index in [1.165, 1.54) is 12.1 Å². The van der Waals surface area contributed by atoms with Crippen molar-refractivity contribution < 1.29 is 15.0 Å². The molecule has 0 aliphatic heterocycles. The van der Waals surface area contributed by atoms with Crippen molar-refractivity contribution in [2.24, 2.45) is 0 Å². The molecule has 0 aliphatic carbocycles. The minimum Gasteiger partial charge on any atom is -0.508 e. The largest absolute Gasteiger partial charge is 0.508 e. The molecule has 98 valence electrons. The van der Waals surface area contributed by atoms with Crippen LogP contribution in [0.4, 0.5) is 0 Å². The summed E-state index contributed by atoms with van der Waals surface area (Å²) in [6.07, 6.45) is 3.24. The molecule has 1 aromatic carbocycles. The summed E-state index contributed by atoms with van der Waals surface area (Å²) < 4.78 is 0. The highest BCUT2D eigenvalue weighted by Crippen LogP contribution is 2.21. The van der Waals surface area contributed by atoms with Gasteiger partial charge >= 0.3 is 5.97 Å². The summed E-state index contributed by atoms with van der Waals surface area (Å²) in [5.41, 5.74) is 2.75. The van der Waals surface area contributed by atoms with Crippen molar-refractivity contribution >= 4 is 5.97 Å². The van der Waals surface area contributed by atoms with Crippen LogP contribution in [0.2, 0.25) is 0 Å². The van der Waals surface area contributed by atoms with E-state index in [0.717, 1.165) is 17.7 Å². The number of carboxylic acids is 1. The molecule has 19 heavy (non-hydrogen) atoms. The second kappa shape index (κ2) is 5.52. The number of carboxylic acid groups (broad SMARTS) is 1. The molecule has 2 N–H and O–H groups in total. The SMILES string of the molecule is CCc1ccc(Cc2ccc(C(=O)O)cc2O)nc1. The summed E-state index contributed by atoms with van der Waals surface area (Å²) in [5.74, 6) is -1.06. The van der Waals surface area contributed by atoms with Crippen LogP contribution in [0.5, 0.6) is 5.75 Å². The monoisotopic (exact) mass is 257 g/mol. The van der Waals surface area contributed by atoms with Crippen molar-refractivity contribution in [3.8, 4) is 5.75 Å². The molecule has 4 heteroatoms. The zero-order valence-electron chi connectivity index (χ0n) is 10.6. The molecule has 2 aromatic rings. The maximum absolute atomic E-state index is 10.8. The number of phenolic OH excluding ortho intramolecular Hbond substituents is 1. The zero-order chi connectivity index (χ0) is 13.8. The van der Waals surface area contributed by atoms with Gasteiger partial charge in [-0.1, -0.05) is 19.1 Å². The third-order valence-corrected chi connectivity index (χ3v) is 3.00. The Hall–Kier alpha value is -2.36. The second-order valence-corrected chi connectivity index (χ2v) is 4.34. The number of aromatic nitrogens is 1. The molecule has 0 bridgehead atoms. The van der Waals surface area contributed by atoms with Crippen molar-refractivity contribution in [3.05, 3.63) is 58.9 Å². The zero-order valence-corrected chi connectivity index (χ0v) is 10.6. The number of aromatic carboxylic acids is 1. The quantitative estimate of drug-likeness (QED) is 0.883. The van der Waals surface area contributed by atoms with Crippen LogP contribution in [0.1, 0.15) is 34.1 Å². The van der Waals surface area contributed by atoms with E-state index in [1.807, 2.05) is 18.3 Å². The Bertz CT molecular complexity index is 591. The Morgan fingerprint density at radius 2 is 2.05 bits per heavy atom. The van der Waals surface area contributed by atoms with Gasteiger partial charge in [-0.2, -0.15) is 0 Å². The van der Waals surface area contributed by atoms with Gasteiger partial charge < -0.3 is 10.2 Å². The van der Waals surface area contributed by atoms with Crippen LogP contribution in [0.25, 0.3) is 0 Å². The Morgan fingerprint density at radius 1 is 1.26 bits per heavy atom. The van der Waals surface area contributed by atoms with Crippen LogP contribution in [-0.2, 0) is 12.8 Å². The number of aromatic hydroxyl groups is 1. The fourth-order valence-corrected chi connectivity index (χ4v) is 1.81. The molecule has 4 nitrogen and oxygen atoms in total. The topological polar surface area (TPSA) is 70.4 Å². The van der Waals surface area contributed by atoms with Crippen LogP contribution >= 0.6 is 0 Å². The highest BCUT2D eigenvalue weighted by molar-refractivity contribution is 5.88. The molecule has 0 unspecified atom stereocenters. The maximum atomic E-state index is 10.8. The highest BCUT2D eigenvalue weighted by atomic mass is 16.4. The molecule has 0 saturated heterocycles. The van der Waals surface area contributed by atoms with E-state index >= 15 is 0 Å². The highest BCUT2D eigenvalue weighted by Gasteiger charge is 2.08. The fraction of sp³-hybridized carbons (Fsp3) is 0.200. The lowest BCUT2D eigenvalue weighted by Gasteiger charge is -2.06. The summed E-state index contributed by atoms with van der Waals surface area (Å²) in [6.45, 7) is 2.06. The van der Waals surface area contributed by atoms with E-state index < -0.39 is 5.97 Å². The summed E-state index contributed by atoms with van der Waals surface area (Å²) in [7, 11) is 0. The van der Waals surface area contributed by atoms with Crippen molar-refractivity contribution in [1.82, 2.24) is 4.98 Å². The number of phenols is 1. The summed E-state index contributed by atoms with van der Waals surface area (Å²) >= 11 is 0. The molecule has 0 atom stereocenters. The van der Waals surface area contributed by atoms with Crippen molar-refractivity contribution in [3.63, 3.8) is 0 Å². The maximum Gasteiger partial charge on any atom is 0.335 e. The summed E-state index contributed by atoms with van der Waals surface area (Å²) in [5, 5.41) is 18.6. The average Bonchev–Trinajstić information content (AvgIpc) is 2.41. The second-order valence-electron chi connectivity index (χ2n) is 4.34. The van der Waals surface area contributed by atoms with Gasteiger partial charge in [-0.15, -0.1) is 0 Å². The summed E-state index contributed by atoms with van der Waals surface area (Å²) in [4.78, 5) is 15.1. The van der Waals surface area contributed by atoms with Gasteiger partial charge in [-0.05, 0) is 35.7 Å². The smallest absolute Gasteiger partial charge is 0.335 e. The van der Waals surface area contributed by atoms with Crippen LogP contribution in [0.3, 0.4) is 0 Å². The van der Waals surface area contributed by atoms with Gasteiger partial charge in [-0.3, -0.25) is 4.98 Å². The third-order valence-electron chi connectivity index (χ3n) is 3.00. The molecule has 0 saturated carbocycles. The molecule has 0 fully saturated rings. The lowest BCUT2D eigenvalue weighted by Crippen LogP contribution is -1.98. The van der Waals surface area contributed by atoms with E-state index in [2.05, 4.69) is 11.9 Å². The predicted molar refractivity (Wildman–Crippen MR) is 71.5 cm³/mol. The average molecular weight is 257 g/mol. The van der Waals surface area contributed by atoms with E-state index in [-0.39, 0.29) is 11.3 Å². The van der Waals surface area contributed by atoms with Crippen molar-refractivity contribution in [1.29, 1.82) is 0 Å². The number of aryl methyl sites for hydroxylation is 1. The van der Waals surface area contributed by atoms with Crippen molar-refractivity contribution in [2.75, 3.05) is 0 Å². The number of carbonyl (C=O) groups is 1. The minimum absolute atomic E-state index is 0.0127. The van der Waals surface area contributed by atoms with Gasteiger partial charge in [-0.25, -0.2) is 4.79 Å². The van der Waals surface area contributed by atoms with E-state index in [0.29, 0.717) is 12.0 Å². The molecule has 1 aromatic heterocycles. The van der Waals surface area contributed by atoms with Gasteiger partial charge in [0.05, 0.1) is 5.56 Å². The van der Waals surface area contributed by atoms with E-state index in [4.69, 9.17) is 5.11 Å². The number of benzene rings is 1. The summed E-state index contributed by atoms with van der Waals surface area (Å²) in [6, 6.07) is 8.29. The van der Waals surface area contributed by atoms with Crippen LogP contribution in [0, 0.1) is 0 Å². The number of rotatable bonds is 4. The number of hydrogen-bond donors (Lipinski definition) is 2. The third kappa shape index (κ3) is 3.10. The van der Waals surface area contributed by atoms with Gasteiger partial charge in [0, 0.05) is 18.3 Å². The molecule has 0 radical (unpaired) electrons. The first-order valence-electron chi connectivity index (χ1n) is 6.09. The Labute approximate surface area is 111 Å². The van der Waals surface area contributed by atoms with Gasteiger partial charge in [0.15, 0.2) is 0 Å².